The van der Waals surface area contributed by atoms with E-state index in [9.17, 15) is 0 Å². The molecule has 0 aromatic heterocycles. The van der Waals surface area contributed by atoms with Crippen molar-refractivity contribution in [2.75, 3.05) is 6.54 Å². The van der Waals surface area contributed by atoms with Crippen LogP contribution in [0.4, 0.5) is 0 Å². The van der Waals surface area contributed by atoms with E-state index in [1.165, 1.54) is 70.8 Å². The zero-order valence-electron chi connectivity index (χ0n) is 22.5. The normalized spacial score (nSPS) is 53.1. The molecule has 35 heavy (non-hydrogen) atoms. The fourth-order valence-electron chi connectivity index (χ4n) is 10.5. The standard InChI is InChI=1S/C30H48N4O.H2/c1-18-13-27-28(31-17-18)20(3)30(35-27)10-8-23-24-6-5-21-14-22(34-12-11-32-33-34)7-9-29(21,4)26(24)15-25(23)19(2)16-30;/h11-12,18,20-24,26-28,31-33H,5-10,13-17H2,1-4H3;1H/t18-,20+,21+,22+,23-,24-,26-,27+,28-,29-,30?;/m0./s1. The molecule has 2 saturated heterocycles. The highest BCUT2D eigenvalue weighted by atomic mass is 16.5. The Morgan fingerprint density at radius 3 is 2.83 bits per heavy atom. The second-order valence-corrected chi connectivity index (χ2v) is 14.1. The molecule has 3 aliphatic heterocycles. The summed E-state index contributed by atoms with van der Waals surface area (Å²) in [6, 6.07) is 1.21. The summed E-state index contributed by atoms with van der Waals surface area (Å²) in [5.74, 6) is 4.88. The number of hydrazine groups is 2. The lowest BCUT2D eigenvalue weighted by atomic mass is 9.52. The molecule has 5 fully saturated rings. The first-order valence-electron chi connectivity index (χ1n) is 14.9. The van der Waals surface area contributed by atoms with E-state index in [4.69, 9.17) is 4.74 Å². The van der Waals surface area contributed by atoms with Crippen LogP contribution in [0.3, 0.4) is 0 Å². The van der Waals surface area contributed by atoms with Crippen molar-refractivity contribution in [3.63, 3.8) is 0 Å². The lowest BCUT2D eigenvalue weighted by Crippen LogP contribution is -2.52. The molecule has 196 valence electrons. The quantitative estimate of drug-likeness (QED) is 0.430. The van der Waals surface area contributed by atoms with Crippen molar-refractivity contribution in [2.45, 2.75) is 116 Å². The van der Waals surface area contributed by atoms with Crippen LogP contribution in [-0.4, -0.2) is 35.3 Å². The van der Waals surface area contributed by atoms with E-state index in [2.05, 4.69) is 55.2 Å². The number of nitrogens with zero attached hydrogens (tertiary/aromatic N) is 1. The number of allylic oxidation sites excluding steroid dienone is 1. The van der Waals surface area contributed by atoms with Gasteiger partial charge in [-0.1, -0.05) is 31.9 Å². The molecule has 1 spiro atoms. The van der Waals surface area contributed by atoms with Crippen LogP contribution in [0.2, 0.25) is 0 Å². The Kier molecular flexibility index (Phi) is 5.43. The molecule has 7 rings (SSSR count). The highest BCUT2D eigenvalue weighted by Crippen LogP contribution is 2.65. The average molecular weight is 483 g/mol. The molecule has 5 nitrogen and oxygen atoms in total. The molecule has 0 amide bonds. The summed E-state index contributed by atoms with van der Waals surface area (Å²) in [5, 5.41) is 6.21. The molecular weight excluding hydrogens is 432 g/mol. The lowest BCUT2D eigenvalue weighted by molar-refractivity contribution is -0.0765. The third-order valence-electron chi connectivity index (χ3n) is 12.5. The van der Waals surface area contributed by atoms with E-state index in [0.717, 1.165) is 29.6 Å². The first kappa shape index (κ1) is 23.1. The largest absolute Gasteiger partial charge is 0.369 e. The first-order chi connectivity index (χ1) is 16.9. The van der Waals surface area contributed by atoms with Gasteiger partial charge in [-0.15, -0.1) is 5.53 Å². The van der Waals surface area contributed by atoms with Gasteiger partial charge in [0.2, 0.25) is 0 Å². The molecule has 7 aliphatic rings. The number of fused-ring (bicyclic) bond motifs is 6. The summed E-state index contributed by atoms with van der Waals surface area (Å²) in [7, 11) is 0. The number of ether oxygens (including phenoxy) is 1. The summed E-state index contributed by atoms with van der Waals surface area (Å²) in [6.45, 7) is 11.2. The minimum absolute atomic E-state index is 0. The van der Waals surface area contributed by atoms with Crippen molar-refractivity contribution < 1.29 is 6.16 Å². The summed E-state index contributed by atoms with van der Waals surface area (Å²) in [4.78, 5) is 0. The number of piperidine rings is 1. The van der Waals surface area contributed by atoms with Gasteiger partial charge in [0.05, 0.1) is 11.7 Å². The van der Waals surface area contributed by atoms with Gasteiger partial charge in [-0.05, 0) is 113 Å². The molecular formula is C30H50N4O. The van der Waals surface area contributed by atoms with Crippen LogP contribution in [0.5, 0.6) is 0 Å². The minimum Gasteiger partial charge on any atom is -0.369 e. The van der Waals surface area contributed by atoms with Gasteiger partial charge in [-0.2, -0.15) is 0 Å². The topological polar surface area (TPSA) is 48.6 Å². The third kappa shape index (κ3) is 3.43. The Labute approximate surface area is 214 Å². The third-order valence-corrected chi connectivity index (χ3v) is 12.5. The molecule has 0 radical (unpaired) electrons. The van der Waals surface area contributed by atoms with Crippen molar-refractivity contribution in [3.05, 3.63) is 23.5 Å². The monoisotopic (exact) mass is 482 g/mol. The number of nitrogens with one attached hydrogen (secondary N) is 3. The Balaban J connectivity index is 0.00000240. The molecule has 0 bridgehead atoms. The average Bonchev–Trinajstić information content (AvgIpc) is 3.53. The van der Waals surface area contributed by atoms with Crippen molar-refractivity contribution in [1.82, 2.24) is 21.3 Å². The highest BCUT2D eigenvalue weighted by molar-refractivity contribution is 5.29. The maximum Gasteiger partial charge on any atom is 0.0765 e. The van der Waals surface area contributed by atoms with Gasteiger partial charge in [-0.3, -0.25) is 5.01 Å². The number of hydrogen-bond acceptors (Lipinski definition) is 5. The van der Waals surface area contributed by atoms with Crippen molar-refractivity contribution in [3.8, 4) is 0 Å². The SMILES string of the molecule is CC1=C2C[C@H]3[C@@H](CC[C@@H]4C[C@H](N5C=CNN5)CC[C@@]43C)[C@@H]2CCC2(C1)O[C@@H]1C[C@H](C)CN[C@H]1[C@H]2C.[HH]. The molecule has 3 saturated carbocycles. The van der Waals surface area contributed by atoms with Gasteiger partial charge in [-0.25, -0.2) is 0 Å². The van der Waals surface area contributed by atoms with Crippen LogP contribution in [0.1, 0.15) is 93.3 Å². The fourth-order valence-corrected chi connectivity index (χ4v) is 10.5. The summed E-state index contributed by atoms with van der Waals surface area (Å²) < 4.78 is 7.08. The van der Waals surface area contributed by atoms with Crippen LogP contribution in [-0.2, 0) is 4.74 Å². The molecule has 1 unspecified atom stereocenters. The molecule has 4 aliphatic carbocycles. The smallest absolute Gasteiger partial charge is 0.0765 e. The number of hydrogen-bond donors (Lipinski definition) is 3. The maximum absolute atomic E-state index is 7.08. The molecule has 11 atom stereocenters. The van der Waals surface area contributed by atoms with E-state index in [0.29, 0.717) is 29.5 Å². The molecule has 5 heteroatoms. The predicted octanol–water partition coefficient (Wildman–Crippen LogP) is 5.52. The Morgan fingerprint density at radius 2 is 2.00 bits per heavy atom. The fraction of sp³-hybridized carbons (Fsp3) is 0.867. The molecule has 0 aromatic carbocycles. The summed E-state index contributed by atoms with van der Waals surface area (Å²) in [6.07, 6.45) is 18.0. The Morgan fingerprint density at radius 1 is 1.11 bits per heavy atom. The van der Waals surface area contributed by atoms with Crippen LogP contribution < -0.4 is 16.3 Å². The van der Waals surface area contributed by atoms with E-state index >= 15 is 0 Å². The van der Waals surface area contributed by atoms with Crippen molar-refractivity contribution in [1.29, 1.82) is 0 Å². The zero-order valence-corrected chi connectivity index (χ0v) is 22.5. The van der Waals surface area contributed by atoms with Gasteiger partial charge < -0.3 is 15.5 Å². The number of rotatable bonds is 1. The maximum atomic E-state index is 7.08. The zero-order chi connectivity index (χ0) is 23.9. The van der Waals surface area contributed by atoms with E-state index in [1.807, 2.05) is 11.8 Å². The van der Waals surface area contributed by atoms with E-state index < -0.39 is 0 Å². The van der Waals surface area contributed by atoms with Gasteiger partial charge in [0.1, 0.15) is 0 Å². The Bertz CT molecular complexity index is 923. The summed E-state index contributed by atoms with van der Waals surface area (Å²) >= 11 is 0. The molecule has 3 heterocycles. The minimum atomic E-state index is 0. The van der Waals surface area contributed by atoms with Gasteiger partial charge in [0.15, 0.2) is 0 Å². The van der Waals surface area contributed by atoms with Gasteiger partial charge in [0.25, 0.3) is 0 Å². The van der Waals surface area contributed by atoms with Crippen LogP contribution >= 0.6 is 0 Å². The molecule has 3 N–H and O–H groups in total. The van der Waals surface area contributed by atoms with Crippen molar-refractivity contribution in [2.24, 2.45) is 40.9 Å². The second-order valence-electron chi connectivity index (χ2n) is 14.1. The van der Waals surface area contributed by atoms with E-state index in [1.54, 1.807) is 5.57 Å². The van der Waals surface area contributed by atoms with Crippen molar-refractivity contribution >= 4 is 0 Å². The van der Waals surface area contributed by atoms with Crippen LogP contribution in [0.15, 0.2) is 23.5 Å². The van der Waals surface area contributed by atoms with Gasteiger partial charge in [0, 0.05) is 31.8 Å². The van der Waals surface area contributed by atoms with E-state index in [-0.39, 0.29) is 7.03 Å². The first-order valence-corrected chi connectivity index (χ1v) is 14.9. The second kappa shape index (κ2) is 8.23. The Hall–Kier alpha value is -1.04. The highest BCUT2D eigenvalue weighted by Gasteiger charge is 2.59. The molecule has 0 aromatic rings. The predicted molar refractivity (Wildman–Crippen MR) is 142 cm³/mol. The van der Waals surface area contributed by atoms with Crippen LogP contribution in [0, 0.1) is 40.9 Å². The summed E-state index contributed by atoms with van der Waals surface area (Å²) in [5.41, 5.74) is 10.7. The van der Waals surface area contributed by atoms with Crippen LogP contribution in [0.25, 0.3) is 0 Å². The van der Waals surface area contributed by atoms with Gasteiger partial charge >= 0.3 is 0 Å². The lowest BCUT2D eigenvalue weighted by Gasteiger charge is -2.55.